The van der Waals surface area contributed by atoms with Crippen LogP contribution in [0.1, 0.15) is 52.9 Å². The predicted molar refractivity (Wildman–Crippen MR) is 172 cm³/mol. The second kappa shape index (κ2) is 11.0. The van der Waals surface area contributed by atoms with Crippen LogP contribution in [0.4, 0.5) is 0 Å². The van der Waals surface area contributed by atoms with Crippen molar-refractivity contribution in [2.75, 3.05) is 20.2 Å². The summed E-state index contributed by atoms with van der Waals surface area (Å²) in [6.45, 7) is 7.87. The van der Waals surface area contributed by atoms with Crippen molar-refractivity contribution in [3.63, 3.8) is 0 Å². The van der Waals surface area contributed by atoms with Gasteiger partial charge in [-0.05, 0) is 55.0 Å². The van der Waals surface area contributed by atoms with E-state index in [9.17, 15) is 4.79 Å². The van der Waals surface area contributed by atoms with E-state index in [1.54, 1.807) is 18.3 Å². The Labute approximate surface area is 275 Å². The van der Waals surface area contributed by atoms with E-state index < -0.39 is 11.8 Å². The van der Waals surface area contributed by atoms with E-state index in [1.807, 2.05) is 43.7 Å². The molecule has 236 valence electrons. The van der Waals surface area contributed by atoms with Crippen molar-refractivity contribution >= 4 is 40.2 Å². The van der Waals surface area contributed by atoms with Crippen molar-refractivity contribution in [2.45, 2.75) is 45.2 Å². The minimum absolute atomic E-state index is 0.394. The molecule has 0 spiro atoms. The summed E-state index contributed by atoms with van der Waals surface area (Å²) in [6, 6.07) is 13.2. The maximum Gasteiger partial charge on any atom is 0.337 e. The monoisotopic (exact) mass is 658 g/mol. The van der Waals surface area contributed by atoms with Gasteiger partial charge in [0.1, 0.15) is 17.0 Å². The highest BCUT2D eigenvalue weighted by Crippen LogP contribution is 2.62. The molecule has 4 atom stereocenters. The maximum absolute atomic E-state index is 12.4. The molecule has 1 unspecified atom stereocenters. The number of carbonyl (C=O) groups is 1. The Hall–Kier alpha value is -4.12. The van der Waals surface area contributed by atoms with Crippen molar-refractivity contribution in [3.8, 4) is 11.5 Å². The molecule has 2 aromatic carbocycles. The Bertz CT molecular complexity index is 1980. The Morgan fingerprint density at radius 2 is 1.91 bits per heavy atom. The van der Waals surface area contributed by atoms with E-state index >= 15 is 0 Å². The molecule has 3 aliphatic rings. The molecule has 2 fully saturated rings. The van der Waals surface area contributed by atoms with Gasteiger partial charge in [-0.1, -0.05) is 35.3 Å². The number of pyridine rings is 1. The SMILES string of the molecule is CCn1cncc1Cn1c(CN2C[C@@H]3[C@H](C2)[C@@H]3c2cccc3c2OC(C)(c2ccc(Cl)cn2)O3)nc2c(Cl)cc(C(=O)OC)cc21. The third kappa shape index (κ3) is 4.82. The van der Waals surface area contributed by atoms with Gasteiger partial charge in [0.15, 0.2) is 11.5 Å². The normalized spacial score (nSPS) is 23.2. The number of rotatable bonds is 8. The highest BCUT2D eigenvalue weighted by molar-refractivity contribution is 6.35. The van der Waals surface area contributed by atoms with E-state index in [2.05, 4.69) is 37.0 Å². The average Bonchev–Trinajstić information content (AvgIpc) is 3.54. The van der Waals surface area contributed by atoms with E-state index in [4.69, 9.17) is 42.4 Å². The van der Waals surface area contributed by atoms with Crippen LogP contribution in [0, 0.1) is 11.8 Å². The van der Waals surface area contributed by atoms with Gasteiger partial charge < -0.3 is 23.3 Å². The van der Waals surface area contributed by atoms with E-state index in [0.29, 0.717) is 57.7 Å². The molecule has 5 heterocycles. The molecule has 10 nitrogen and oxygen atoms in total. The Kier molecular flexibility index (Phi) is 7.00. The summed E-state index contributed by atoms with van der Waals surface area (Å²) in [5, 5.41) is 0.989. The summed E-state index contributed by atoms with van der Waals surface area (Å²) in [6.07, 6.45) is 5.31. The van der Waals surface area contributed by atoms with Crippen LogP contribution < -0.4 is 9.47 Å². The summed E-state index contributed by atoms with van der Waals surface area (Å²) < 4.78 is 22.1. The number of piperidine rings is 1. The molecule has 8 rings (SSSR count). The number of hydrogen-bond donors (Lipinski definition) is 0. The quantitative estimate of drug-likeness (QED) is 0.180. The summed E-state index contributed by atoms with van der Waals surface area (Å²) >= 11 is 12.8. The van der Waals surface area contributed by atoms with Gasteiger partial charge in [0.2, 0.25) is 0 Å². The van der Waals surface area contributed by atoms with Crippen LogP contribution in [0.25, 0.3) is 11.0 Å². The first kappa shape index (κ1) is 29.3. The van der Waals surface area contributed by atoms with Crippen molar-refractivity contribution in [2.24, 2.45) is 11.8 Å². The van der Waals surface area contributed by atoms with E-state index in [-0.39, 0.29) is 0 Å². The Morgan fingerprint density at radius 3 is 2.65 bits per heavy atom. The molecule has 46 heavy (non-hydrogen) atoms. The van der Waals surface area contributed by atoms with Crippen LogP contribution in [-0.4, -0.2) is 55.2 Å². The van der Waals surface area contributed by atoms with Crippen LogP contribution in [0.2, 0.25) is 10.0 Å². The highest BCUT2D eigenvalue weighted by atomic mass is 35.5. The molecule has 3 aromatic heterocycles. The van der Waals surface area contributed by atoms with Crippen LogP contribution in [-0.2, 0) is 30.2 Å². The summed E-state index contributed by atoms with van der Waals surface area (Å²) in [5.74, 6) is 2.39. The van der Waals surface area contributed by atoms with Crippen molar-refractivity contribution in [1.82, 2.24) is 29.0 Å². The van der Waals surface area contributed by atoms with Gasteiger partial charge in [-0.2, -0.15) is 0 Å². The molecule has 2 aliphatic heterocycles. The number of carbonyl (C=O) groups excluding carboxylic acids is 1. The Morgan fingerprint density at radius 1 is 1.09 bits per heavy atom. The van der Waals surface area contributed by atoms with Crippen LogP contribution >= 0.6 is 23.2 Å². The third-order valence-corrected chi connectivity index (χ3v) is 10.1. The van der Waals surface area contributed by atoms with Gasteiger partial charge in [-0.15, -0.1) is 0 Å². The second-order valence-corrected chi connectivity index (χ2v) is 13.2. The van der Waals surface area contributed by atoms with E-state index in [1.165, 1.54) is 12.7 Å². The highest BCUT2D eigenvalue weighted by Gasteiger charge is 2.58. The van der Waals surface area contributed by atoms with Gasteiger partial charge in [-0.3, -0.25) is 9.88 Å². The number of benzene rings is 2. The largest absolute Gasteiger partial charge is 0.465 e. The van der Waals surface area contributed by atoms with E-state index in [0.717, 1.165) is 48.2 Å². The number of nitrogens with zero attached hydrogens (tertiary/aromatic N) is 6. The lowest BCUT2D eigenvalue weighted by molar-refractivity contribution is -0.0721. The van der Waals surface area contributed by atoms with Gasteiger partial charge in [0.25, 0.3) is 5.79 Å². The zero-order valence-corrected chi connectivity index (χ0v) is 27.1. The standard InChI is InChI=1S/C34H32Cl2N6O4/c1-4-41-18-37-13-21(41)14-42-26-11-19(33(43)44-3)10-25(36)31(26)39-29(42)17-40-15-23-24(16-40)30(23)22-6-5-7-27-32(22)46-34(2,45-27)28-9-8-20(35)12-38-28/h5-13,18,23-24,30H,4,14-17H2,1-3H3/t23-,24+,30-,34?. The topological polar surface area (TPSA) is 96.5 Å². The summed E-state index contributed by atoms with van der Waals surface area (Å²) in [4.78, 5) is 28.7. The maximum atomic E-state index is 12.4. The van der Waals surface area contributed by atoms with Crippen molar-refractivity contribution < 1.29 is 19.0 Å². The molecule has 5 aromatic rings. The lowest BCUT2D eigenvalue weighted by Gasteiger charge is -2.23. The Balaban J connectivity index is 1.04. The molecule has 1 saturated heterocycles. The summed E-state index contributed by atoms with van der Waals surface area (Å²) in [7, 11) is 1.37. The van der Waals surface area contributed by atoms with Crippen LogP contribution in [0.3, 0.4) is 0 Å². The number of ether oxygens (including phenoxy) is 3. The first-order chi connectivity index (χ1) is 22.3. The third-order valence-electron chi connectivity index (χ3n) is 9.56. The van der Waals surface area contributed by atoms with Crippen LogP contribution in [0.15, 0.2) is 61.2 Å². The zero-order chi connectivity index (χ0) is 31.7. The fourth-order valence-electron chi connectivity index (χ4n) is 7.25. The molecule has 0 amide bonds. The fourth-order valence-corrected chi connectivity index (χ4v) is 7.62. The van der Waals surface area contributed by atoms with Gasteiger partial charge in [-0.25, -0.2) is 14.8 Å². The lowest BCUT2D eigenvalue weighted by Crippen LogP contribution is -2.32. The lowest BCUT2D eigenvalue weighted by atomic mass is 10.0. The number of hydrogen-bond acceptors (Lipinski definition) is 8. The van der Waals surface area contributed by atoms with Gasteiger partial charge in [0.05, 0.1) is 53.3 Å². The second-order valence-electron chi connectivity index (χ2n) is 12.3. The number of methoxy groups -OCH3 is 1. The molecule has 1 saturated carbocycles. The molecule has 12 heteroatoms. The average molecular weight is 660 g/mol. The van der Waals surface area contributed by atoms with Crippen molar-refractivity contribution in [1.29, 1.82) is 0 Å². The number of imidazole rings is 2. The smallest absolute Gasteiger partial charge is 0.337 e. The number of halogens is 2. The fraction of sp³-hybridized carbons (Fsp3) is 0.353. The van der Waals surface area contributed by atoms with Gasteiger partial charge in [0, 0.05) is 44.5 Å². The number of aromatic nitrogens is 5. The van der Waals surface area contributed by atoms with Gasteiger partial charge >= 0.3 is 5.97 Å². The number of para-hydroxylation sites is 1. The molecular weight excluding hydrogens is 627 g/mol. The molecule has 0 N–H and O–H groups in total. The number of esters is 1. The first-order valence-corrected chi connectivity index (χ1v) is 16.1. The van der Waals surface area contributed by atoms with Crippen LogP contribution in [0.5, 0.6) is 11.5 Å². The molecule has 1 aliphatic carbocycles. The molecule has 0 bridgehead atoms. The number of aryl methyl sites for hydroxylation is 1. The first-order valence-electron chi connectivity index (χ1n) is 15.4. The minimum atomic E-state index is -1.01. The zero-order valence-electron chi connectivity index (χ0n) is 25.6. The molecule has 0 radical (unpaired) electrons. The summed E-state index contributed by atoms with van der Waals surface area (Å²) in [5.41, 5.74) is 4.77. The minimum Gasteiger partial charge on any atom is -0.465 e. The number of fused-ring (bicyclic) bond motifs is 3. The predicted octanol–water partition coefficient (Wildman–Crippen LogP) is 6.28. The molecular formula is C34H32Cl2N6O4. The number of likely N-dealkylation sites (tertiary alicyclic amines) is 1. The van der Waals surface area contributed by atoms with Crippen molar-refractivity contribution in [3.05, 3.63) is 99.6 Å².